The SMILES string of the molecule is CCOc1ccc(Cn2cc(NC(=O)C(CC)n3nc(C)c(Cl)c3C)cn2)cc1OCC. The van der Waals surface area contributed by atoms with Crippen molar-refractivity contribution in [3.8, 4) is 11.5 Å². The Kier molecular flexibility index (Phi) is 7.80. The summed E-state index contributed by atoms with van der Waals surface area (Å²) in [6, 6.07) is 5.38. The summed E-state index contributed by atoms with van der Waals surface area (Å²) < 4.78 is 14.8. The lowest BCUT2D eigenvalue weighted by Crippen LogP contribution is -2.27. The molecule has 172 valence electrons. The molecule has 2 heterocycles. The average molecular weight is 460 g/mol. The topological polar surface area (TPSA) is 83.2 Å². The number of carbonyl (C=O) groups is 1. The largest absolute Gasteiger partial charge is 0.490 e. The van der Waals surface area contributed by atoms with Crippen LogP contribution in [0.5, 0.6) is 11.5 Å². The van der Waals surface area contributed by atoms with Crippen molar-refractivity contribution in [1.82, 2.24) is 19.6 Å². The molecule has 32 heavy (non-hydrogen) atoms. The minimum absolute atomic E-state index is 0.158. The van der Waals surface area contributed by atoms with Gasteiger partial charge in [-0.15, -0.1) is 0 Å². The second kappa shape index (κ2) is 10.5. The summed E-state index contributed by atoms with van der Waals surface area (Å²) in [6.07, 6.45) is 4.02. The minimum atomic E-state index is -0.454. The zero-order chi connectivity index (χ0) is 23.3. The van der Waals surface area contributed by atoms with Gasteiger partial charge in [0.15, 0.2) is 11.5 Å². The molecule has 1 amide bonds. The summed E-state index contributed by atoms with van der Waals surface area (Å²) in [4.78, 5) is 12.9. The van der Waals surface area contributed by atoms with Crippen LogP contribution in [-0.2, 0) is 11.3 Å². The van der Waals surface area contributed by atoms with Crippen LogP contribution in [0.1, 0.15) is 50.2 Å². The maximum Gasteiger partial charge on any atom is 0.249 e. The van der Waals surface area contributed by atoms with Gasteiger partial charge in [0.25, 0.3) is 0 Å². The van der Waals surface area contributed by atoms with Gasteiger partial charge in [0.1, 0.15) is 6.04 Å². The molecular formula is C23H30ClN5O3. The molecule has 0 aliphatic carbocycles. The van der Waals surface area contributed by atoms with Crippen LogP contribution in [0.2, 0.25) is 5.02 Å². The first-order valence-electron chi connectivity index (χ1n) is 10.8. The van der Waals surface area contributed by atoms with Crippen molar-refractivity contribution in [3.05, 3.63) is 52.6 Å². The third-order valence-electron chi connectivity index (χ3n) is 5.07. The fourth-order valence-corrected chi connectivity index (χ4v) is 3.66. The Morgan fingerprint density at radius 1 is 1.16 bits per heavy atom. The second-order valence-corrected chi connectivity index (χ2v) is 7.79. The standard InChI is InChI=1S/C23H30ClN5O3/c1-6-19(29-16(5)22(24)15(4)27-29)23(30)26-18-12-25-28(14-18)13-17-9-10-20(31-7-2)21(11-17)32-8-3/h9-12,14,19H,6-8,13H2,1-5H3,(H,26,30). The fraction of sp³-hybridized carbons (Fsp3) is 0.435. The van der Waals surface area contributed by atoms with E-state index in [-0.39, 0.29) is 5.91 Å². The number of nitrogens with zero attached hydrogens (tertiary/aromatic N) is 4. The molecule has 0 aliphatic rings. The zero-order valence-electron chi connectivity index (χ0n) is 19.2. The molecule has 0 spiro atoms. The van der Waals surface area contributed by atoms with E-state index < -0.39 is 6.04 Å². The van der Waals surface area contributed by atoms with Gasteiger partial charge in [0.2, 0.25) is 5.91 Å². The number of hydrogen-bond donors (Lipinski definition) is 1. The van der Waals surface area contributed by atoms with E-state index >= 15 is 0 Å². The Morgan fingerprint density at radius 3 is 2.50 bits per heavy atom. The molecule has 3 rings (SSSR count). The van der Waals surface area contributed by atoms with Crippen molar-refractivity contribution in [1.29, 1.82) is 0 Å². The second-order valence-electron chi connectivity index (χ2n) is 7.42. The van der Waals surface area contributed by atoms with Crippen LogP contribution in [0.15, 0.2) is 30.6 Å². The van der Waals surface area contributed by atoms with Crippen LogP contribution in [-0.4, -0.2) is 38.7 Å². The predicted molar refractivity (Wildman–Crippen MR) is 125 cm³/mol. The number of benzene rings is 1. The van der Waals surface area contributed by atoms with E-state index in [0.29, 0.717) is 48.3 Å². The number of ether oxygens (including phenoxy) is 2. The van der Waals surface area contributed by atoms with Gasteiger partial charge in [-0.3, -0.25) is 14.2 Å². The van der Waals surface area contributed by atoms with Crippen LogP contribution in [0.25, 0.3) is 0 Å². The summed E-state index contributed by atoms with van der Waals surface area (Å²) in [7, 11) is 0. The number of aromatic nitrogens is 4. The Labute approximate surface area is 193 Å². The minimum Gasteiger partial charge on any atom is -0.490 e. The molecule has 0 aliphatic heterocycles. The maximum atomic E-state index is 12.9. The molecule has 1 atom stereocenters. The van der Waals surface area contributed by atoms with Gasteiger partial charge >= 0.3 is 0 Å². The number of anilines is 1. The molecule has 0 saturated carbocycles. The quantitative estimate of drug-likeness (QED) is 0.471. The van der Waals surface area contributed by atoms with Crippen molar-refractivity contribution in [3.63, 3.8) is 0 Å². The van der Waals surface area contributed by atoms with Gasteiger partial charge in [-0.2, -0.15) is 10.2 Å². The number of amides is 1. The summed E-state index contributed by atoms with van der Waals surface area (Å²) in [5, 5.41) is 12.3. The van der Waals surface area contributed by atoms with Crippen LogP contribution in [0, 0.1) is 13.8 Å². The van der Waals surface area contributed by atoms with E-state index in [1.54, 1.807) is 21.8 Å². The molecule has 2 aromatic heterocycles. The van der Waals surface area contributed by atoms with Crippen LogP contribution < -0.4 is 14.8 Å². The molecule has 1 N–H and O–H groups in total. The van der Waals surface area contributed by atoms with E-state index in [0.717, 1.165) is 17.0 Å². The molecule has 0 radical (unpaired) electrons. The first-order chi connectivity index (χ1) is 15.4. The Balaban J connectivity index is 1.71. The Hall–Kier alpha value is -3.00. The monoisotopic (exact) mass is 459 g/mol. The maximum absolute atomic E-state index is 12.9. The van der Waals surface area contributed by atoms with E-state index in [4.69, 9.17) is 21.1 Å². The third kappa shape index (κ3) is 5.24. The smallest absolute Gasteiger partial charge is 0.249 e. The molecule has 0 fully saturated rings. The van der Waals surface area contributed by atoms with Gasteiger partial charge in [0.05, 0.1) is 48.1 Å². The Bertz CT molecular complexity index is 1080. The summed E-state index contributed by atoms with van der Waals surface area (Å²) in [5.41, 5.74) is 3.13. The fourth-order valence-electron chi connectivity index (χ4n) is 3.54. The number of nitrogens with one attached hydrogen (secondary N) is 1. The molecule has 9 heteroatoms. The van der Waals surface area contributed by atoms with Crippen molar-refractivity contribution in [2.45, 2.75) is 53.6 Å². The van der Waals surface area contributed by atoms with E-state index in [1.165, 1.54) is 0 Å². The summed E-state index contributed by atoms with van der Waals surface area (Å²) >= 11 is 6.26. The average Bonchev–Trinajstić information content (AvgIpc) is 3.30. The lowest BCUT2D eigenvalue weighted by molar-refractivity contribution is -0.119. The van der Waals surface area contributed by atoms with Crippen molar-refractivity contribution in [2.24, 2.45) is 0 Å². The molecule has 1 unspecified atom stereocenters. The van der Waals surface area contributed by atoms with Crippen molar-refractivity contribution >= 4 is 23.2 Å². The van der Waals surface area contributed by atoms with Gasteiger partial charge in [-0.05, 0) is 51.8 Å². The van der Waals surface area contributed by atoms with Crippen LogP contribution in [0.3, 0.4) is 0 Å². The highest BCUT2D eigenvalue weighted by molar-refractivity contribution is 6.31. The van der Waals surface area contributed by atoms with Gasteiger partial charge in [-0.1, -0.05) is 24.6 Å². The van der Waals surface area contributed by atoms with Gasteiger partial charge in [0, 0.05) is 6.20 Å². The normalized spacial score (nSPS) is 11.9. The zero-order valence-corrected chi connectivity index (χ0v) is 19.9. The number of aryl methyl sites for hydroxylation is 1. The predicted octanol–water partition coefficient (Wildman–Crippen LogP) is 4.79. The highest BCUT2D eigenvalue weighted by Gasteiger charge is 2.23. The van der Waals surface area contributed by atoms with Crippen LogP contribution >= 0.6 is 11.6 Å². The van der Waals surface area contributed by atoms with E-state index in [1.807, 2.05) is 52.8 Å². The summed E-state index contributed by atoms with van der Waals surface area (Å²) in [6.45, 7) is 11.2. The van der Waals surface area contributed by atoms with E-state index in [9.17, 15) is 4.79 Å². The Morgan fingerprint density at radius 2 is 1.88 bits per heavy atom. The number of halogens is 1. The number of rotatable bonds is 10. The molecule has 8 nitrogen and oxygen atoms in total. The first kappa shape index (κ1) is 23.7. The summed E-state index contributed by atoms with van der Waals surface area (Å²) in [5.74, 6) is 1.28. The van der Waals surface area contributed by atoms with Gasteiger partial charge in [-0.25, -0.2) is 0 Å². The molecule has 3 aromatic rings. The first-order valence-corrected chi connectivity index (χ1v) is 11.2. The van der Waals surface area contributed by atoms with Gasteiger partial charge < -0.3 is 14.8 Å². The van der Waals surface area contributed by atoms with Crippen LogP contribution in [0.4, 0.5) is 5.69 Å². The molecule has 0 saturated heterocycles. The molecular weight excluding hydrogens is 430 g/mol. The lowest BCUT2D eigenvalue weighted by Gasteiger charge is -2.16. The number of hydrogen-bond acceptors (Lipinski definition) is 5. The van der Waals surface area contributed by atoms with Crippen molar-refractivity contribution < 1.29 is 14.3 Å². The highest BCUT2D eigenvalue weighted by atomic mass is 35.5. The molecule has 1 aromatic carbocycles. The third-order valence-corrected chi connectivity index (χ3v) is 5.62. The number of carbonyl (C=O) groups excluding carboxylic acids is 1. The lowest BCUT2D eigenvalue weighted by atomic mass is 10.2. The van der Waals surface area contributed by atoms with E-state index in [2.05, 4.69) is 15.5 Å². The highest BCUT2D eigenvalue weighted by Crippen LogP contribution is 2.29. The van der Waals surface area contributed by atoms with Crippen molar-refractivity contribution in [2.75, 3.05) is 18.5 Å². The molecule has 0 bridgehead atoms.